The van der Waals surface area contributed by atoms with Gasteiger partial charge in [0.2, 0.25) is 0 Å². The summed E-state index contributed by atoms with van der Waals surface area (Å²) >= 11 is 0. The third kappa shape index (κ3) is 3.42. The predicted octanol–water partition coefficient (Wildman–Crippen LogP) is 3.97. The van der Waals surface area contributed by atoms with E-state index in [1.165, 1.54) is 12.4 Å². The van der Waals surface area contributed by atoms with Gasteiger partial charge in [0.15, 0.2) is 5.82 Å². The van der Waals surface area contributed by atoms with E-state index in [-0.39, 0.29) is 0 Å². The van der Waals surface area contributed by atoms with Crippen molar-refractivity contribution < 1.29 is 13.2 Å². The fourth-order valence-electron chi connectivity index (χ4n) is 3.15. The Bertz CT molecular complexity index is 959. The lowest BCUT2D eigenvalue weighted by Gasteiger charge is -2.18. The molecule has 0 unspecified atom stereocenters. The summed E-state index contributed by atoms with van der Waals surface area (Å²) in [5, 5.41) is 0. The monoisotopic (exact) mass is 371 g/mol. The number of fused-ring (bicyclic) bond motifs is 1. The fourth-order valence-corrected chi connectivity index (χ4v) is 3.15. The third-order valence-corrected chi connectivity index (χ3v) is 4.45. The second-order valence-corrected chi connectivity index (χ2v) is 6.38. The summed E-state index contributed by atoms with van der Waals surface area (Å²) in [5.41, 5.74) is 2.18. The van der Waals surface area contributed by atoms with Gasteiger partial charge < -0.3 is 9.80 Å². The van der Waals surface area contributed by atoms with Gasteiger partial charge in [0.1, 0.15) is 6.33 Å². The minimum Gasteiger partial charge on any atom is -0.345 e. The van der Waals surface area contributed by atoms with Crippen LogP contribution in [0.5, 0.6) is 0 Å². The van der Waals surface area contributed by atoms with E-state index in [2.05, 4.69) is 19.9 Å². The van der Waals surface area contributed by atoms with Crippen LogP contribution in [0.15, 0.2) is 55.1 Å². The zero-order valence-electron chi connectivity index (χ0n) is 14.5. The summed E-state index contributed by atoms with van der Waals surface area (Å²) in [4.78, 5) is 16.7. The Kier molecular flexibility index (Phi) is 4.18. The highest BCUT2D eigenvalue weighted by molar-refractivity contribution is 5.78. The van der Waals surface area contributed by atoms with Crippen LogP contribution in [-0.2, 0) is 12.7 Å². The van der Waals surface area contributed by atoms with Gasteiger partial charge in [0, 0.05) is 25.0 Å². The van der Waals surface area contributed by atoms with Crippen LogP contribution in [0.4, 0.5) is 24.7 Å². The first-order valence-electron chi connectivity index (χ1n) is 8.30. The molecule has 0 atom stereocenters. The van der Waals surface area contributed by atoms with Crippen molar-refractivity contribution in [1.29, 1.82) is 0 Å². The quantitative estimate of drug-likeness (QED) is 0.697. The van der Waals surface area contributed by atoms with E-state index < -0.39 is 11.7 Å². The molecule has 0 fully saturated rings. The molecule has 1 aliphatic rings. The predicted molar refractivity (Wildman–Crippen MR) is 96.2 cm³/mol. The van der Waals surface area contributed by atoms with Gasteiger partial charge in [0.05, 0.1) is 30.2 Å². The van der Waals surface area contributed by atoms with Gasteiger partial charge in [0.25, 0.3) is 0 Å². The fraction of sp³-hybridized carbons (Fsp3) is 0.211. The number of nitrogens with zero attached hydrogens (tertiary/aromatic N) is 5. The average molecular weight is 371 g/mol. The Morgan fingerprint density at radius 2 is 1.93 bits per heavy atom. The minimum atomic E-state index is -4.38. The van der Waals surface area contributed by atoms with Crippen LogP contribution in [0.3, 0.4) is 0 Å². The van der Waals surface area contributed by atoms with Crippen molar-refractivity contribution in [3.63, 3.8) is 0 Å². The van der Waals surface area contributed by atoms with E-state index in [1.54, 1.807) is 18.5 Å². The normalized spacial score (nSPS) is 13.8. The standard InChI is InChI=1S/C19H16F3N5/c1-26-12-27(10-16-5-6-23-11-25-16)17-8-14(9-24-18(17)26)13-3-2-4-15(7-13)19(20,21)22/h2-9,11H,10,12H2,1H3. The van der Waals surface area contributed by atoms with Crippen LogP contribution in [-0.4, -0.2) is 28.7 Å². The average Bonchev–Trinajstić information content (AvgIpc) is 2.97. The van der Waals surface area contributed by atoms with Crippen molar-refractivity contribution in [3.05, 3.63) is 66.4 Å². The summed E-state index contributed by atoms with van der Waals surface area (Å²) in [6.45, 7) is 1.19. The van der Waals surface area contributed by atoms with Gasteiger partial charge in [-0.1, -0.05) is 12.1 Å². The van der Waals surface area contributed by atoms with E-state index in [9.17, 15) is 13.2 Å². The van der Waals surface area contributed by atoms with E-state index in [1.807, 2.05) is 24.1 Å². The van der Waals surface area contributed by atoms with Crippen LogP contribution in [0.25, 0.3) is 11.1 Å². The van der Waals surface area contributed by atoms with E-state index in [0.717, 1.165) is 29.3 Å². The summed E-state index contributed by atoms with van der Waals surface area (Å²) in [5.74, 6) is 0.791. The van der Waals surface area contributed by atoms with Gasteiger partial charge in [-0.25, -0.2) is 15.0 Å². The highest BCUT2D eigenvalue weighted by atomic mass is 19.4. The molecule has 0 amide bonds. The number of benzene rings is 1. The minimum absolute atomic E-state index is 0.483. The van der Waals surface area contributed by atoms with Crippen LogP contribution >= 0.6 is 0 Å². The number of halogens is 3. The molecule has 0 saturated carbocycles. The lowest BCUT2D eigenvalue weighted by molar-refractivity contribution is -0.137. The summed E-state index contributed by atoms with van der Waals surface area (Å²) in [6, 6.07) is 9.00. The van der Waals surface area contributed by atoms with Gasteiger partial charge in [-0.2, -0.15) is 13.2 Å². The lowest BCUT2D eigenvalue weighted by atomic mass is 10.0. The molecular formula is C19H16F3N5. The van der Waals surface area contributed by atoms with E-state index >= 15 is 0 Å². The number of hydrogen-bond donors (Lipinski definition) is 0. The van der Waals surface area contributed by atoms with Crippen molar-refractivity contribution in [2.24, 2.45) is 0 Å². The van der Waals surface area contributed by atoms with Crippen molar-refractivity contribution >= 4 is 11.5 Å². The molecule has 1 aliphatic heterocycles. The largest absolute Gasteiger partial charge is 0.416 e. The third-order valence-electron chi connectivity index (χ3n) is 4.45. The molecule has 138 valence electrons. The first kappa shape index (κ1) is 17.3. The molecule has 0 N–H and O–H groups in total. The van der Waals surface area contributed by atoms with Crippen molar-refractivity contribution in [1.82, 2.24) is 15.0 Å². The van der Waals surface area contributed by atoms with Crippen molar-refractivity contribution in [2.45, 2.75) is 12.7 Å². The molecule has 0 radical (unpaired) electrons. The Morgan fingerprint density at radius 3 is 2.67 bits per heavy atom. The van der Waals surface area contributed by atoms with Gasteiger partial charge in [-0.05, 0) is 29.8 Å². The zero-order chi connectivity index (χ0) is 19.0. The van der Waals surface area contributed by atoms with Crippen LogP contribution in [0, 0.1) is 0 Å². The van der Waals surface area contributed by atoms with Crippen LogP contribution < -0.4 is 9.80 Å². The molecule has 1 aromatic carbocycles. The Balaban J connectivity index is 1.69. The maximum atomic E-state index is 13.0. The molecule has 0 saturated heterocycles. The Hall–Kier alpha value is -3.16. The number of aromatic nitrogens is 3. The topological polar surface area (TPSA) is 45.2 Å². The molecule has 4 rings (SSSR count). The van der Waals surface area contributed by atoms with Crippen LogP contribution in [0.2, 0.25) is 0 Å². The van der Waals surface area contributed by atoms with Gasteiger partial charge >= 0.3 is 6.18 Å². The highest BCUT2D eigenvalue weighted by Gasteiger charge is 2.31. The number of hydrogen-bond acceptors (Lipinski definition) is 5. The SMILES string of the molecule is CN1CN(Cc2ccncn2)c2cc(-c3cccc(C(F)(F)F)c3)cnc21. The van der Waals surface area contributed by atoms with Gasteiger partial charge in [-0.3, -0.25) is 0 Å². The molecule has 3 aromatic rings. The zero-order valence-corrected chi connectivity index (χ0v) is 14.5. The van der Waals surface area contributed by atoms with E-state index in [4.69, 9.17) is 0 Å². The van der Waals surface area contributed by atoms with E-state index in [0.29, 0.717) is 24.3 Å². The summed E-state index contributed by atoms with van der Waals surface area (Å²) in [7, 11) is 1.93. The number of anilines is 2. The summed E-state index contributed by atoms with van der Waals surface area (Å²) < 4.78 is 39.0. The molecule has 0 aliphatic carbocycles. The number of alkyl halides is 3. The molecule has 8 heteroatoms. The van der Waals surface area contributed by atoms with Crippen LogP contribution in [0.1, 0.15) is 11.3 Å². The van der Waals surface area contributed by atoms with Crippen molar-refractivity contribution in [2.75, 3.05) is 23.5 Å². The second-order valence-electron chi connectivity index (χ2n) is 6.38. The Morgan fingerprint density at radius 1 is 1.07 bits per heavy atom. The highest BCUT2D eigenvalue weighted by Crippen LogP contribution is 2.38. The molecule has 3 heterocycles. The second kappa shape index (κ2) is 6.53. The molecule has 0 spiro atoms. The molecule has 5 nitrogen and oxygen atoms in total. The molecular weight excluding hydrogens is 355 g/mol. The van der Waals surface area contributed by atoms with Crippen molar-refractivity contribution in [3.8, 4) is 11.1 Å². The maximum absolute atomic E-state index is 13.0. The number of rotatable bonds is 3. The smallest absolute Gasteiger partial charge is 0.345 e. The number of pyridine rings is 1. The molecule has 0 bridgehead atoms. The molecule has 2 aromatic heterocycles. The first-order chi connectivity index (χ1) is 12.9. The Labute approximate surface area is 154 Å². The lowest BCUT2D eigenvalue weighted by Crippen LogP contribution is -2.28. The van der Waals surface area contributed by atoms with Gasteiger partial charge in [-0.15, -0.1) is 0 Å². The summed E-state index contributed by atoms with van der Waals surface area (Å²) in [6.07, 6.45) is 0.409. The molecule has 27 heavy (non-hydrogen) atoms. The maximum Gasteiger partial charge on any atom is 0.416 e. The first-order valence-corrected chi connectivity index (χ1v) is 8.30.